The zero-order valence-corrected chi connectivity index (χ0v) is 19.5. The zero-order chi connectivity index (χ0) is 23.7. The number of carbonyl (C=O) groups is 2. The van der Waals surface area contributed by atoms with Gasteiger partial charge in [-0.3, -0.25) is 9.59 Å². The molecular formula is C25H21Cl2NO5. The predicted octanol–water partition coefficient (Wildman–Crippen LogP) is 5.22. The van der Waals surface area contributed by atoms with E-state index in [-0.39, 0.29) is 45.8 Å². The van der Waals surface area contributed by atoms with Gasteiger partial charge in [-0.05, 0) is 28.5 Å². The van der Waals surface area contributed by atoms with Crippen LogP contribution in [0.3, 0.4) is 0 Å². The van der Waals surface area contributed by atoms with Crippen molar-refractivity contribution < 1.29 is 24.2 Å². The third-order valence-corrected chi connectivity index (χ3v) is 6.23. The number of ketones is 1. The Labute approximate surface area is 200 Å². The molecule has 1 fully saturated rings. The lowest BCUT2D eigenvalue weighted by Gasteiger charge is -2.26. The van der Waals surface area contributed by atoms with Gasteiger partial charge in [-0.25, -0.2) is 0 Å². The molecule has 1 N–H and O–H groups in total. The van der Waals surface area contributed by atoms with Crippen LogP contribution in [-0.4, -0.2) is 49.1 Å². The molecule has 1 heterocycles. The van der Waals surface area contributed by atoms with Crippen LogP contribution in [0.15, 0.2) is 60.2 Å². The number of halogens is 2. The topological polar surface area (TPSA) is 76.1 Å². The van der Waals surface area contributed by atoms with Gasteiger partial charge in [0.1, 0.15) is 5.76 Å². The SMILES string of the molecule is COCCN1C(=O)C(=O)/C(=C(/O)c2cc(Cl)c(OC)c(Cl)c2)C1c1cccc2ccccc12. The van der Waals surface area contributed by atoms with Crippen molar-refractivity contribution >= 4 is 51.4 Å². The van der Waals surface area contributed by atoms with Crippen LogP contribution in [0.4, 0.5) is 0 Å². The molecule has 1 unspecified atom stereocenters. The molecule has 0 saturated carbocycles. The number of hydrogen-bond donors (Lipinski definition) is 1. The van der Waals surface area contributed by atoms with E-state index in [9.17, 15) is 14.7 Å². The van der Waals surface area contributed by atoms with E-state index in [1.807, 2.05) is 42.5 Å². The van der Waals surface area contributed by atoms with Gasteiger partial charge in [-0.15, -0.1) is 0 Å². The average molecular weight is 486 g/mol. The minimum atomic E-state index is -0.814. The first-order valence-electron chi connectivity index (χ1n) is 10.2. The summed E-state index contributed by atoms with van der Waals surface area (Å²) in [6.07, 6.45) is 0. The van der Waals surface area contributed by atoms with Crippen molar-refractivity contribution in [2.45, 2.75) is 6.04 Å². The molecule has 4 rings (SSSR count). The maximum Gasteiger partial charge on any atom is 0.295 e. The van der Waals surface area contributed by atoms with Gasteiger partial charge in [0.15, 0.2) is 5.75 Å². The van der Waals surface area contributed by atoms with Crippen molar-refractivity contribution in [2.24, 2.45) is 0 Å². The van der Waals surface area contributed by atoms with Gasteiger partial charge in [0, 0.05) is 19.2 Å². The average Bonchev–Trinajstić information content (AvgIpc) is 3.06. The molecule has 6 nitrogen and oxygen atoms in total. The van der Waals surface area contributed by atoms with Crippen LogP contribution < -0.4 is 4.74 Å². The number of methoxy groups -OCH3 is 2. The Kier molecular flexibility index (Phi) is 6.61. The van der Waals surface area contributed by atoms with Gasteiger partial charge in [0.05, 0.1) is 35.4 Å². The summed E-state index contributed by atoms with van der Waals surface area (Å²) in [7, 11) is 2.94. The number of amides is 1. The summed E-state index contributed by atoms with van der Waals surface area (Å²) >= 11 is 12.5. The molecule has 1 amide bonds. The second kappa shape index (κ2) is 9.43. The van der Waals surface area contributed by atoms with E-state index in [0.717, 1.165) is 16.3 Å². The highest BCUT2D eigenvalue weighted by Gasteiger charge is 2.46. The Balaban J connectivity index is 1.97. The number of aliphatic hydroxyl groups is 1. The highest BCUT2D eigenvalue weighted by Crippen LogP contribution is 2.43. The van der Waals surface area contributed by atoms with Crippen LogP contribution in [0.25, 0.3) is 16.5 Å². The molecule has 0 aliphatic carbocycles. The van der Waals surface area contributed by atoms with Crippen LogP contribution in [-0.2, 0) is 14.3 Å². The van der Waals surface area contributed by atoms with Crippen molar-refractivity contribution in [1.82, 2.24) is 4.90 Å². The van der Waals surface area contributed by atoms with Gasteiger partial charge < -0.3 is 19.5 Å². The molecule has 1 aliphatic rings. The predicted molar refractivity (Wildman–Crippen MR) is 128 cm³/mol. The number of hydrogen-bond acceptors (Lipinski definition) is 5. The molecule has 0 radical (unpaired) electrons. The number of nitrogens with zero attached hydrogens (tertiary/aromatic N) is 1. The molecule has 0 bridgehead atoms. The molecule has 1 atom stereocenters. The van der Waals surface area contributed by atoms with E-state index in [1.165, 1.54) is 31.3 Å². The first-order chi connectivity index (χ1) is 15.9. The lowest BCUT2D eigenvalue weighted by molar-refractivity contribution is -0.140. The number of likely N-dealkylation sites (tertiary alicyclic amines) is 1. The second-order valence-electron chi connectivity index (χ2n) is 7.53. The Morgan fingerprint density at radius 2 is 1.70 bits per heavy atom. The number of Topliss-reactive ketones (excluding diaryl/α,β-unsaturated/α-hetero) is 1. The lowest BCUT2D eigenvalue weighted by Crippen LogP contribution is -2.32. The van der Waals surface area contributed by atoms with Crippen molar-refractivity contribution in [3.63, 3.8) is 0 Å². The minimum absolute atomic E-state index is 0.0373. The molecule has 1 saturated heterocycles. The molecule has 1 aliphatic heterocycles. The summed E-state index contributed by atoms with van der Waals surface area (Å²) in [5, 5.41) is 13.4. The van der Waals surface area contributed by atoms with Crippen LogP contribution in [0.5, 0.6) is 5.75 Å². The number of aliphatic hydroxyl groups excluding tert-OH is 1. The monoisotopic (exact) mass is 485 g/mol. The van der Waals surface area contributed by atoms with E-state index in [0.29, 0.717) is 0 Å². The number of fused-ring (bicyclic) bond motifs is 1. The quantitative estimate of drug-likeness (QED) is 0.294. The molecule has 3 aromatic rings. The molecule has 3 aromatic carbocycles. The summed E-state index contributed by atoms with van der Waals surface area (Å²) < 4.78 is 10.3. The van der Waals surface area contributed by atoms with Gasteiger partial charge in [-0.1, -0.05) is 65.7 Å². The van der Waals surface area contributed by atoms with Gasteiger partial charge in [-0.2, -0.15) is 0 Å². The largest absolute Gasteiger partial charge is 0.507 e. The summed E-state index contributed by atoms with van der Waals surface area (Å²) in [5.41, 5.74) is 0.890. The number of benzene rings is 3. The normalized spacial score (nSPS) is 17.7. The second-order valence-corrected chi connectivity index (χ2v) is 8.34. The highest BCUT2D eigenvalue weighted by molar-refractivity contribution is 6.47. The molecule has 33 heavy (non-hydrogen) atoms. The highest BCUT2D eigenvalue weighted by atomic mass is 35.5. The van der Waals surface area contributed by atoms with E-state index < -0.39 is 17.7 Å². The van der Waals surface area contributed by atoms with Crippen LogP contribution in [0.2, 0.25) is 10.0 Å². The lowest BCUT2D eigenvalue weighted by atomic mass is 9.91. The minimum Gasteiger partial charge on any atom is -0.507 e. The molecular weight excluding hydrogens is 465 g/mol. The Morgan fingerprint density at radius 3 is 2.36 bits per heavy atom. The molecule has 0 spiro atoms. The maximum absolute atomic E-state index is 13.2. The third kappa shape index (κ3) is 4.06. The standard InChI is InChI=1S/C25H21Cl2NO5/c1-32-11-10-28-21(17-9-5-7-14-6-3-4-8-16(14)17)20(23(30)25(28)31)22(29)15-12-18(26)24(33-2)19(27)13-15/h3-9,12-13,21,29H,10-11H2,1-2H3/b22-20+. The van der Waals surface area contributed by atoms with Crippen molar-refractivity contribution in [2.75, 3.05) is 27.4 Å². The molecule has 0 aromatic heterocycles. The van der Waals surface area contributed by atoms with Gasteiger partial charge in [0.25, 0.3) is 11.7 Å². The van der Waals surface area contributed by atoms with E-state index in [4.69, 9.17) is 32.7 Å². The van der Waals surface area contributed by atoms with Crippen molar-refractivity contribution in [3.8, 4) is 5.75 Å². The number of carbonyl (C=O) groups excluding carboxylic acids is 2. The third-order valence-electron chi connectivity index (χ3n) is 5.67. The van der Waals surface area contributed by atoms with E-state index in [1.54, 1.807) is 0 Å². The summed E-state index contributed by atoms with van der Waals surface area (Å²) in [6, 6.07) is 15.4. The first kappa shape index (κ1) is 23.1. The van der Waals surface area contributed by atoms with Crippen molar-refractivity contribution in [3.05, 3.63) is 81.3 Å². The fourth-order valence-electron chi connectivity index (χ4n) is 4.16. The number of ether oxygens (including phenoxy) is 2. The summed E-state index contributed by atoms with van der Waals surface area (Å²) in [5.74, 6) is -1.61. The Hall–Kier alpha value is -3.06. The van der Waals surface area contributed by atoms with Gasteiger partial charge >= 0.3 is 0 Å². The molecule has 170 valence electrons. The summed E-state index contributed by atoms with van der Waals surface area (Å²) in [6.45, 7) is 0.407. The van der Waals surface area contributed by atoms with Crippen molar-refractivity contribution in [1.29, 1.82) is 0 Å². The zero-order valence-electron chi connectivity index (χ0n) is 18.0. The van der Waals surface area contributed by atoms with Gasteiger partial charge in [0.2, 0.25) is 0 Å². The summed E-state index contributed by atoms with van der Waals surface area (Å²) in [4.78, 5) is 27.6. The first-order valence-corrected chi connectivity index (χ1v) is 10.9. The van der Waals surface area contributed by atoms with E-state index in [2.05, 4.69) is 0 Å². The Bertz CT molecular complexity index is 1260. The fraction of sp³-hybridized carbons (Fsp3) is 0.200. The molecule has 8 heteroatoms. The van der Waals surface area contributed by atoms with Crippen LogP contribution in [0.1, 0.15) is 17.2 Å². The van der Waals surface area contributed by atoms with Crippen LogP contribution >= 0.6 is 23.2 Å². The van der Waals surface area contributed by atoms with Crippen LogP contribution in [0, 0.1) is 0 Å². The van der Waals surface area contributed by atoms with E-state index >= 15 is 0 Å². The Morgan fingerprint density at radius 1 is 1.03 bits per heavy atom. The smallest absolute Gasteiger partial charge is 0.295 e. The number of rotatable bonds is 6. The fourth-order valence-corrected chi connectivity index (χ4v) is 4.80. The maximum atomic E-state index is 13.2.